The zero-order valence-electron chi connectivity index (χ0n) is 25.1. The number of nitrogens with zero attached hydrogens (tertiary/aromatic N) is 2. The number of hydrogen-bond donors (Lipinski definition) is 0. The standard InChI is InChI=1S/C44H28N2/c1-3-13-29(14-4-1)34-26-35(41-38-21-11-8-18-32(38)25-33-19-9-12-22-39(33)41)28-36(27-34)44-45-40-24-23-30-15-7-10-20-37(30)42(40)43(46-44)31-16-5-2-6-17-31/h1-28H. The van der Waals surface area contributed by atoms with Crippen LogP contribution in [-0.2, 0) is 0 Å². The van der Waals surface area contributed by atoms with Crippen LogP contribution in [0.2, 0.25) is 0 Å². The molecule has 0 saturated heterocycles. The molecule has 46 heavy (non-hydrogen) atoms. The van der Waals surface area contributed by atoms with E-state index in [1.54, 1.807) is 0 Å². The first-order valence-corrected chi connectivity index (χ1v) is 15.7. The van der Waals surface area contributed by atoms with E-state index < -0.39 is 0 Å². The van der Waals surface area contributed by atoms with Crippen molar-refractivity contribution < 1.29 is 0 Å². The van der Waals surface area contributed by atoms with Crippen molar-refractivity contribution in [2.24, 2.45) is 0 Å². The van der Waals surface area contributed by atoms with Gasteiger partial charge in [0.25, 0.3) is 0 Å². The van der Waals surface area contributed by atoms with E-state index in [9.17, 15) is 0 Å². The van der Waals surface area contributed by atoms with Crippen molar-refractivity contribution in [2.45, 2.75) is 0 Å². The first-order valence-electron chi connectivity index (χ1n) is 15.7. The largest absolute Gasteiger partial charge is 0.228 e. The van der Waals surface area contributed by atoms with Crippen molar-refractivity contribution in [3.8, 4) is 44.9 Å². The molecule has 0 aliphatic heterocycles. The van der Waals surface area contributed by atoms with E-state index in [0.717, 1.165) is 49.8 Å². The van der Waals surface area contributed by atoms with Gasteiger partial charge in [-0.05, 0) is 84.9 Å². The van der Waals surface area contributed by atoms with Crippen LogP contribution in [0.3, 0.4) is 0 Å². The Hall–Kier alpha value is -6.12. The summed E-state index contributed by atoms with van der Waals surface area (Å²) in [5.41, 5.74) is 8.60. The van der Waals surface area contributed by atoms with Crippen molar-refractivity contribution in [1.29, 1.82) is 0 Å². The lowest BCUT2D eigenvalue weighted by atomic mass is 9.89. The second-order valence-electron chi connectivity index (χ2n) is 11.8. The zero-order chi connectivity index (χ0) is 30.5. The third kappa shape index (κ3) is 4.43. The van der Waals surface area contributed by atoms with Crippen LogP contribution in [0, 0.1) is 0 Å². The quantitative estimate of drug-likeness (QED) is 0.152. The fraction of sp³-hybridized carbons (Fsp3) is 0. The van der Waals surface area contributed by atoms with Crippen LogP contribution in [0.15, 0.2) is 170 Å². The summed E-state index contributed by atoms with van der Waals surface area (Å²) in [5, 5.41) is 8.33. The summed E-state index contributed by atoms with van der Waals surface area (Å²) >= 11 is 0. The van der Waals surface area contributed by atoms with Gasteiger partial charge in [0.1, 0.15) is 0 Å². The summed E-state index contributed by atoms with van der Waals surface area (Å²) in [6, 6.07) is 60.4. The lowest BCUT2D eigenvalue weighted by Crippen LogP contribution is -1.97. The molecule has 0 radical (unpaired) electrons. The third-order valence-corrected chi connectivity index (χ3v) is 8.99. The highest BCUT2D eigenvalue weighted by Crippen LogP contribution is 2.41. The fourth-order valence-corrected chi connectivity index (χ4v) is 6.86. The molecule has 0 N–H and O–H groups in total. The average Bonchev–Trinajstić information content (AvgIpc) is 3.13. The number of aromatic nitrogens is 2. The summed E-state index contributed by atoms with van der Waals surface area (Å²) in [6.45, 7) is 0. The minimum absolute atomic E-state index is 0.713. The Morgan fingerprint density at radius 3 is 1.57 bits per heavy atom. The van der Waals surface area contributed by atoms with Gasteiger partial charge in [0.15, 0.2) is 5.82 Å². The van der Waals surface area contributed by atoms with Gasteiger partial charge in [-0.2, -0.15) is 0 Å². The second-order valence-corrected chi connectivity index (χ2v) is 11.8. The number of benzene rings is 8. The monoisotopic (exact) mass is 584 g/mol. The van der Waals surface area contributed by atoms with Gasteiger partial charge in [-0.3, -0.25) is 0 Å². The Morgan fingerprint density at radius 2 is 0.870 bits per heavy atom. The van der Waals surface area contributed by atoms with E-state index in [0.29, 0.717) is 5.82 Å². The Balaban J connectivity index is 1.37. The topological polar surface area (TPSA) is 25.8 Å². The zero-order valence-corrected chi connectivity index (χ0v) is 25.1. The Labute approximate surface area is 267 Å². The molecule has 0 fully saturated rings. The Bertz CT molecular complexity index is 2520. The molecule has 1 heterocycles. The van der Waals surface area contributed by atoms with Crippen LogP contribution in [0.1, 0.15) is 0 Å². The highest BCUT2D eigenvalue weighted by Gasteiger charge is 2.17. The smallest absolute Gasteiger partial charge is 0.160 e. The molecule has 0 amide bonds. The van der Waals surface area contributed by atoms with Gasteiger partial charge < -0.3 is 0 Å². The van der Waals surface area contributed by atoms with Crippen molar-refractivity contribution in [2.75, 3.05) is 0 Å². The molecule has 214 valence electrons. The molecule has 8 aromatic carbocycles. The van der Waals surface area contributed by atoms with Crippen LogP contribution in [-0.4, -0.2) is 9.97 Å². The van der Waals surface area contributed by atoms with Gasteiger partial charge >= 0.3 is 0 Å². The molecular formula is C44H28N2. The molecule has 1 aromatic heterocycles. The predicted molar refractivity (Wildman–Crippen MR) is 194 cm³/mol. The SMILES string of the molecule is c1ccc(-c2cc(-c3nc(-c4ccccc4)c4c(ccc5ccccc54)n3)cc(-c3c4ccccc4cc4ccccc34)c2)cc1. The van der Waals surface area contributed by atoms with E-state index in [2.05, 4.69) is 170 Å². The summed E-state index contributed by atoms with van der Waals surface area (Å²) in [4.78, 5) is 10.6. The fourth-order valence-electron chi connectivity index (χ4n) is 6.86. The number of hydrogen-bond acceptors (Lipinski definition) is 2. The minimum atomic E-state index is 0.713. The van der Waals surface area contributed by atoms with Gasteiger partial charge in [0, 0.05) is 16.5 Å². The van der Waals surface area contributed by atoms with E-state index in [-0.39, 0.29) is 0 Å². The lowest BCUT2D eigenvalue weighted by Gasteiger charge is -2.16. The van der Waals surface area contributed by atoms with Crippen LogP contribution in [0.5, 0.6) is 0 Å². The second kappa shape index (κ2) is 10.8. The highest BCUT2D eigenvalue weighted by molar-refractivity contribution is 6.14. The van der Waals surface area contributed by atoms with Gasteiger partial charge in [-0.25, -0.2) is 9.97 Å². The predicted octanol–water partition coefficient (Wildman–Crippen LogP) is 11.8. The number of rotatable bonds is 4. The van der Waals surface area contributed by atoms with Gasteiger partial charge in [0.2, 0.25) is 0 Å². The molecule has 0 atom stereocenters. The third-order valence-electron chi connectivity index (χ3n) is 8.99. The van der Waals surface area contributed by atoms with Crippen molar-refractivity contribution in [3.63, 3.8) is 0 Å². The summed E-state index contributed by atoms with van der Waals surface area (Å²) < 4.78 is 0. The van der Waals surface area contributed by atoms with Crippen molar-refractivity contribution in [3.05, 3.63) is 170 Å². The summed E-state index contributed by atoms with van der Waals surface area (Å²) in [7, 11) is 0. The Morgan fingerprint density at radius 1 is 0.326 bits per heavy atom. The van der Waals surface area contributed by atoms with Crippen LogP contribution >= 0.6 is 0 Å². The van der Waals surface area contributed by atoms with E-state index in [1.165, 1.54) is 32.5 Å². The molecule has 2 nitrogen and oxygen atoms in total. The molecule has 0 aliphatic carbocycles. The molecule has 0 saturated carbocycles. The molecule has 0 bridgehead atoms. The summed E-state index contributed by atoms with van der Waals surface area (Å²) in [6.07, 6.45) is 0. The highest BCUT2D eigenvalue weighted by atomic mass is 14.9. The minimum Gasteiger partial charge on any atom is -0.228 e. The van der Waals surface area contributed by atoms with Gasteiger partial charge in [-0.1, -0.05) is 140 Å². The first-order chi connectivity index (χ1) is 22.8. The average molecular weight is 585 g/mol. The molecule has 2 heteroatoms. The lowest BCUT2D eigenvalue weighted by molar-refractivity contribution is 1.23. The maximum atomic E-state index is 5.37. The van der Waals surface area contributed by atoms with E-state index in [1.807, 2.05) is 0 Å². The van der Waals surface area contributed by atoms with Crippen LogP contribution < -0.4 is 0 Å². The van der Waals surface area contributed by atoms with Crippen LogP contribution in [0.4, 0.5) is 0 Å². The van der Waals surface area contributed by atoms with Gasteiger partial charge in [-0.15, -0.1) is 0 Å². The molecule has 0 spiro atoms. The van der Waals surface area contributed by atoms with Crippen molar-refractivity contribution in [1.82, 2.24) is 9.97 Å². The maximum Gasteiger partial charge on any atom is 0.160 e. The molecule has 9 aromatic rings. The van der Waals surface area contributed by atoms with Crippen molar-refractivity contribution >= 4 is 43.2 Å². The van der Waals surface area contributed by atoms with E-state index in [4.69, 9.17) is 9.97 Å². The molecule has 9 rings (SSSR count). The molecular weight excluding hydrogens is 556 g/mol. The molecule has 0 aliphatic rings. The summed E-state index contributed by atoms with van der Waals surface area (Å²) in [5.74, 6) is 0.713. The van der Waals surface area contributed by atoms with Gasteiger partial charge in [0.05, 0.1) is 11.2 Å². The first kappa shape index (κ1) is 26.3. The van der Waals surface area contributed by atoms with Crippen LogP contribution in [0.25, 0.3) is 88.1 Å². The normalized spacial score (nSPS) is 11.5. The maximum absolute atomic E-state index is 5.37. The molecule has 0 unspecified atom stereocenters. The van der Waals surface area contributed by atoms with E-state index >= 15 is 0 Å². The number of fused-ring (bicyclic) bond motifs is 5. The Kier molecular flexibility index (Phi) is 6.17.